The Morgan fingerprint density at radius 3 is 2.44 bits per heavy atom. The average Bonchev–Trinajstić information content (AvgIpc) is 3.19. The molecule has 1 saturated carbocycles. The van der Waals surface area contributed by atoms with Gasteiger partial charge in [-0.1, -0.05) is 12.8 Å². The minimum atomic E-state index is -0.188. The molecule has 3 unspecified atom stereocenters. The van der Waals surface area contributed by atoms with Gasteiger partial charge in [0.15, 0.2) is 0 Å². The number of fused-ring (bicyclic) bond motifs is 1. The normalized spacial score (nSPS) is 24.3. The molecule has 6 heteroatoms. The van der Waals surface area contributed by atoms with Crippen molar-refractivity contribution < 1.29 is 14.4 Å². The van der Waals surface area contributed by atoms with E-state index in [1.165, 1.54) is 10.5 Å². The molecule has 2 fully saturated rings. The van der Waals surface area contributed by atoms with Crippen molar-refractivity contribution in [2.45, 2.75) is 52.0 Å². The molecule has 0 spiro atoms. The van der Waals surface area contributed by atoms with Gasteiger partial charge >= 0.3 is 0 Å². The van der Waals surface area contributed by atoms with Crippen LogP contribution in [0, 0.1) is 11.8 Å². The van der Waals surface area contributed by atoms with Crippen LogP contribution in [-0.4, -0.2) is 46.7 Å². The van der Waals surface area contributed by atoms with Gasteiger partial charge in [0.25, 0.3) is 0 Å². The average molecular weight is 362 g/mol. The second-order valence-corrected chi connectivity index (χ2v) is 7.90. The van der Waals surface area contributed by atoms with Crippen LogP contribution in [0.4, 0.5) is 0 Å². The Kier molecular flexibility index (Phi) is 5.57. The fraction of sp³-hybridized carbons (Fsp3) is 0.632. The maximum atomic E-state index is 12.8. The quantitative estimate of drug-likeness (QED) is 0.731. The van der Waals surface area contributed by atoms with Gasteiger partial charge in [-0.05, 0) is 55.5 Å². The zero-order valence-corrected chi connectivity index (χ0v) is 15.8. The summed E-state index contributed by atoms with van der Waals surface area (Å²) in [7, 11) is 0. The minimum absolute atomic E-state index is 0.0437. The van der Waals surface area contributed by atoms with E-state index in [0.29, 0.717) is 6.54 Å². The third-order valence-electron chi connectivity index (χ3n) is 5.53. The van der Waals surface area contributed by atoms with Crippen molar-refractivity contribution in [3.05, 3.63) is 22.4 Å². The van der Waals surface area contributed by atoms with Crippen molar-refractivity contribution in [1.82, 2.24) is 9.80 Å². The number of likely N-dealkylation sites (tertiary alicyclic amines) is 1. The minimum Gasteiger partial charge on any atom is -0.338 e. The second-order valence-electron chi connectivity index (χ2n) is 7.12. The first-order valence-electron chi connectivity index (χ1n) is 9.18. The van der Waals surface area contributed by atoms with Gasteiger partial charge < -0.3 is 4.90 Å². The van der Waals surface area contributed by atoms with Crippen molar-refractivity contribution in [1.29, 1.82) is 0 Å². The predicted molar refractivity (Wildman–Crippen MR) is 97.0 cm³/mol. The molecule has 0 N–H and O–H groups in total. The summed E-state index contributed by atoms with van der Waals surface area (Å²) in [6, 6.07) is 2.11. The predicted octanol–water partition coefficient (Wildman–Crippen LogP) is 2.70. The number of rotatable bonds is 6. The molecule has 5 nitrogen and oxygen atoms in total. The lowest BCUT2D eigenvalue weighted by Crippen LogP contribution is -2.47. The van der Waals surface area contributed by atoms with E-state index in [2.05, 4.69) is 11.4 Å². The van der Waals surface area contributed by atoms with Crippen LogP contribution in [0.15, 0.2) is 16.8 Å². The summed E-state index contributed by atoms with van der Waals surface area (Å²) >= 11 is 1.65. The summed E-state index contributed by atoms with van der Waals surface area (Å²) in [5, 5.41) is 4.12. The molecule has 0 bridgehead atoms. The van der Waals surface area contributed by atoms with Crippen molar-refractivity contribution in [3.8, 4) is 0 Å². The Hall–Kier alpha value is -1.69. The SMILES string of the molecule is CCN(C(=O)CN1C(=O)C2CCCCC2C1=O)C(C)Cc1ccsc1. The van der Waals surface area contributed by atoms with Crippen LogP contribution in [0.5, 0.6) is 0 Å². The number of hydrogen-bond donors (Lipinski definition) is 0. The maximum Gasteiger partial charge on any atom is 0.242 e. The largest absolute Gasteiger partial charge is 0.338 e. The molecular weight excluding hydrogens is 336 g/mol. The standard InChI is InChI=1S/C19H26N2O3S/c1-3-20(13(2)10-14-8-9-25-12-14)17(22)11-21-18(23)15-6-4-5-7-16(15)19(21)24/h8-9,12-13,15-16H,3-7,10-11H2,1-2H3. The molecule has 25 heavy (non-hydrogen) atoms. The van der Waals surface area contributed by atoms with Crippen LogP contribution in [0.2, 0.25) is 0 Å². The third kappa shape index (κ3) is 3.64. The molecule has 1 saturated heterocycles. The summed E-state index contributed by atoms with van der Waals surface area (Å²) in [5.41, 5.74) is 1.21. The summed E-state index contributed by atoms with van der Waals surface area (Å²) in [6.45, 7) is 4.43. The molecular formula is C19H26N2O3S. The second kappa shape index (κ2) is 7.68. The molecule has 2 aliphatic rings. The number of nitrogens with zero attached hydrogens (tertiary/aromatic N) is 2. The Bertz CT molecular complexity index is 619. The van der Waals surface area contributed by atoms with Crippen LogP contribution < -0.4 is 0 Å². The molecule has 3 amide bonds. The maximum absolute atomic E-state index is 12.8. The van der Waals surface area contributed by atoms with Crippen molar-refractivity contribution in [2.24, 2.45) is 11.8 Å². The molecule has 1 aromatic rings. The van der Waals surface area contributed by atoms with E-state index in [-0.39, 0.29) is 42.1 Å². The number of carbonyl (C=O) groups is 3. The van der Waals surface area contributed by atoms with Crippen molar-refractivity contribution in [3.63, 3.8) is 0 Å². The van der Waals surface area contributed by atoms with Gasteiger partial charge in [-0.2, -0.15) is 11.3 Å². The first kappa shape index (κ1) is 18.1. The molecule has 136 valence electrons. The highest BCUT2D eigenvalue weighted by Crippen LogP contribution is 2.37. The number of amides is 3. The highest BCUT2D eigenvalue weighted by atomic mass is 32.1. The van der Waals surface area contributed by atoms with Gasteiger partial charge in [0.2, 0.25) is 17.7 Å². The first-order valence-corrected chi connectivity index (χ1v) is 10.1. The Labute approximate surface area is 153 Å². The first-order chi connectivity index (χ1) is 12.0. The number of thiophene rings is 1. The summed E-state index contributed by atoms with van der Waals surface area (Å²) < 4.78 is 0. The van der Waals surface area contributed by atoms with E-state index in [9.17, 15) is 14.4 Å². The molecule has 0 aromatic carbocycles. The Morgan fingerprint density at radius 1 is 1.28 bits per heavy atom. The molecule has 1 aromatic heterocycles. The van der Waals surface area contributed by atoms with E-state index in [1.54, 1.807) is 16.2 Å². The van der Waals surface area contributed by atoms with Gasteiger partial charge in [0.1, 0.15) is 6.54 Å². The molecule has 2 heterocycles. The topological polar surface area (TPSA) is 57.7 Å². The van der Waals surface area contributed by atoms with E-state index in [1.807, 2.05) is 19.2 Å². The lowest BCUT2D eigenvalue weighted by molar-refractivity contribution is -0.147. The van der Waals surface area contributed by atoms with Crippen LogP contribution in [0.25, 0.3) is 0 Å². The fourth-order valence-electron chi connectivity index (χ4n) is 4.21. The molecule has 3 rings (SSSR count). The van der Waals surface area contributed by atoms with Crippen LogP contribution in [0.1, 0.15) is 45.1 Å². The third-order valence-corrected chi connectivity index (χ3v) is 6.26. The van der Waals surface area contributed by atoms with E-state index < -0.39 is 0 Å². The lowest BCUT2D eigenvalue weighted by atomic mass is 9.81. The Morgan fingerprint density at radius 2 is 1.92 bits per heavy atom. The Balaban J connectivity index is 1.65. The van der Waals surface area contributed by atoms with Crippen LogP contribution in [0.3, 0.4) is 0 Å². The molecule has 1 aliphatic carbocycles. The van der Waals surface area contributed by atoms with Gasteiger partial charge in [-0.25, -0.2) is 0 Å². The van der Waals surface area contributed by atoms with Gasteiger partial charge in [0.05, 0.1) is 11.8 Å². The van der Waals surface area contributed by atoms with E-state index in [0.717, 1.165) is 32.1 Å². The highest BCUT2D eigenvalue weighted by molar-refractivity contribution is 7.07. The smallest absolute Gasteiger partial charge is 0.242 e. The number of hydrogen-bond acceptors (Lipinski definition) is 4. The molecule has 0 radical (unpaired) electrons. The fourth-order valence-corrected chi connectivity index (χ4v) is 4.89. The van der Waals surface area contributed by atoms with Crippen LogP contribution >= 0.6 is 11.3 Å². The lowest BCUT2D eigenvalue weighted by Gasteiger charge is -2.29. The van der Waals surface area contributed by atoms with Gasteiger partial charge in [-0.3, -0.25) is 19.3 Å². The number of imide groups is 1. The zero-order valence-electron chi connectivity index (χ0n) is 14.9. The highest BCUT2D eigenvalue weighted by Gasteiger charge is 2.48. The van der Waals surface area contributed by atoms with Crippen LogP contribution in [-0.2, 0) is 20.8 Å². The van der Waals surface area contributed by atoms with E-state index in [4.69, 9.17) is 0 Å². The van der Waals surface area contributed by atoms with Crippen molar-refractivity contribution in [2.75, 3.05) is 13.1 Å². The van der Waals surface area contributed by atoms with Gasteiger partial charge in [-0.15, -0.1) is 0 Å². The number of likely N-dealkylation sites (N-methyl/N-ethyl adjacent to an activating group) is 1. The molecule has 1 aliphatic heterocycles. The van der Waals surface area contributed by atoms with E-state index >= 15 is 0 Å². The van der Waals surface area contributed by atoms with Crippen molar-refractivity contribution >= 4 is 29.1 Å². The van der Waals surface area contributed by atoms with Gasteiger partial charge in [0, 0.05) is 12.6 Å². The summed E-state index contributed by atoms with van der Waals surface area (Å²) in [4.78, 5) is 40.9. The molecule has 3 atom stereocenters. The summed E-state index contributed by atoms with van der Waals surface area (Å²) in [5.74, 6) is -0.778. The monoisotopic (exact) mass is 362 g/mol. The summed E-state index contributed by atoms with van der Waals surface area (Å²) in [6.07, 6.45) is 4.36. The number of carbonyl (C=O) groups excluding carboxylic acids is 3. The zero-order chi connectivity index (χ0) is 18.0.